The molecule has 32 heavy (non-hydrogen) atoms. The van der Waals surface area contributed by atoms with Gasteiger partial charge in [0.05, 0.1) is 5.60 Å². The monoisotopic (exact) mass is 442 g/mol. The molecule has 0 bridgehead atoms. The number of carbonyl (C=O) groups excluding carboxylic acids is 1. The van der Waals surface area contributed by atoms with Gasteiger partial charge in [0, 0.05) is 22.7 Å². The summed E-state index contributed by atoms with van der Waals surface area (Å²) < 4.78 is 0. The minimum absolute atomic E-state index is 0.00609. The second-order valence-electron chi connectivity index (χ2n) is 15.6. The maximum absolute atomic E-state index is 12.9. The van der Waals surface area contributed by atoms with Crippen LogP contribution in [0.25, 0.3) is 0 Å². The van der Waals surface area contributed by atoms with Gasteiger partial charge in [-0.1, -0.05) is 55.4 Å². The van der Waals surface area contributed by atoms with Crippen LogP contribution in [-0.4, -0.2) is 16.5 Å². The van der Waals surface area contributed by atoms with Crippen LogP contribution < -0.4 is 0 Å². The number of aliphatic hydroxyl groups is 1. The van der Waals surface area contributed by atoms with Crippen LogP contribution in [0.15, 0.2) is 0 Å². The fourth-order valence-electron chi connectivity index (χ4n) is 11.3. The summed E-state index contributed by atoms with van der Waals surface area (Å²) in [4.78, 5) is 12.9. The molecule has 0 saturated heterocycles. The Bertz CT molecular complexity index is 827. The molecule has 2 nitrogen and oxygen atoms in total. The highest BCUT2D eigenvalue weighted by atomic mass is 16.3. The van der Waals surface area contributed by atoms with Crippen LogP contribution in [0.3, 0.4) is 0 Å². The van der Waals surface area contributed by atoms with Gasteiger partial charge in [0.25, 0.3) is 0 Å². The number of ketones is 1. The average molecular weight is 443 g/mol. The van der Waals surface area contributed by atoms with Crippen molar-refractivity contribution in [2.75, 3.05) is 0 Å². The van der Waals surface area contributed by atoms with E-state index in [1.807, 2.05) is 0 Å². The second-order valence-corrected chi connectivity index (χ2v) is 15.6. The van der Waals surface area contributed by atoms with Crippen molar-refractivity contribution < 1.29 is 9.90 Å². The molecule has 0 radical (unpaired) electrons. The van der Waals surface area contributed by atoms with Crippen LogP contribution in [0.2, 0.25) is 0 Å². The number of hydrogen-bond donors (Lipinski definition) is 1. The van der Waals surface area contributed by atoms with Crippen molar-refractivity contribution in [3.8, 4) is 0 Å². The van der Waals surface area contributed by atoms with Crippen molar-refractivity contribution in [1.29, 1.82) is 0 Å². The zero-order chi connectivity index (χ0) is 23.6. The largest absolute Gasteiger partial charge is 0.389 e. The maximum atomic E-state index is 12.9. The summed E-state index contributed by atoms with van der Waals surface area (Å²) in [6.07, 6.45) is 12.4. The van der Waals surface area contributed by atoms with Crippen molar-refractivity contribution in [3.63, 3.8) is 0 Å². The summed E-state index contributed by atoms with van der Waals surface area (Å²) in [5.74, 6) is 2.08. The molecule has 0 spiro atoms. The van der Waals surface area contributed by atoms with Crippen molar-refractivity contribution in [2.24, 2.45) is 50.2 Å². The molecule has 5 fully saturated rings. The van der Waals surface area contributed by atoms with E-state index in [1.165, 1.54) is 32.1 Å². The number of rotatable bonds is 0. The molecular formula is C30H50O2. The topological polar surface area (TPSA) is 37.3 Å². The van der Waals surface area contributed by atoms with E-state index < -0.39 is 5.60 Å². The Labute approximate surface area is 197 Å². The van der Waals surface area contributed by atoms with E-state index in [9.17, 15) is 9.90 Å². The molecule has 5 aliphatic rings. The van der Waals surface area contributed by atoms with Crippen LogP contribution >= 0.6 is 0 Å². The maximum Gasteiger partial charge on any atom is 0.138 e. The second kappa shape index (κ2) is 6.44. The third kappa shape index (κ3) is 2.60. The van der Waals surface area contributed by atoms with E-state index in [2.05, 4.69) is 55.4 Å². The lowest BCUT2D eigenvalue weighted by Crippen LogP contribution is -2.74. The van der Waals surface area contributed by atoms with Gasteiger partial charge >= 0.3 is 0 Å². The number of carbonyl (C=O) groups is 1. The van der Waals surface area contributed by atoms with Gasteiger partial charge in [-0.25, -0.2) is 0 Å². The quantitative estimate of drug-likeness (QED) is 0.420. The highest BCUT2D eigenvalue weighted by Gasteiger charge is 2.74. The van der Waals surface area contributed by atoms with Crippen LogP contribution in [0.5, 0.6) is 0 Å². The standard InChI is InChI=1S/C30H50O2/c1-24(2)15-16-26(5)17-18-30(32)28(7)13-9-20-25(3,4)23(31)11-12-27(20,6)21(28)10-14-29(30,8)22(26)19-24/h20-22,32H,9-19H2,1-8H3/t20-,21+,22-,26-,27-,28+,29-,30+/m0/s1. The number of Topliss-reactive ketones (excluding diaryl/α,β-unsaturated/α-hetero) is 1. The highest BCUT2D eigenvalue weighted by Crippen LogP contribution is 2.77. The van der Waals surface area contributed by atoms with E-state index in [1.54, 1.807) is 0 Å². The van der Waals surface area contributed by atoms with Gasteiger partial charge in [-0.3, -0.25) is 4.79 Å². The zero-order valence-corrected chi connectivity index (χ0v) is 22.4. The Hall–Kier alpha value is -0.370. The van der Waals surface area contributed by atoms with Gasteiger partial charge < -0.3 is 5.11 Å². The predicted octanol–water partition coefficient (Wildman–Crippen LogP) is 7.57. The fourth-order valence-corrected chi connectivity index (χ4v) is 11.3. The molecule has 0 heterocycles. The molecule has 5 rings (SSSR count). The average Bonchev–Trinajstić information content (AvgIpc) is 2.69. The molecular weight excluding hydrogens is 392 g/mol. The molecule has 5 aliphatic carbocycles. The van der Waals surface area contributed by atoms with Crippen molar-refractivity contribution in [1.82, 2.24) is 0 Å². The van der Waals surface area contributed by atoms with Gasteiger partial charge in [-0.2, -0.15) is 0 Å². The minimum atomic E-state index is -0.583. The zero-order valence-electron chi connectivity index (χ0n) is 22.4. The van der Waals surface area contributed by atoms with E-state index >= 15 is 0 Å². The van der Waals surface area contributed by atoms with E-state index in [4.69, 9.17) is 0 Å². The first-order valence-electron chi connectivity index (χ1n) is 13.8. The van der Waals surface area contributed by atoms with Gasteiger partial charge in [-0.15, -0.1) is 0 Å². The number of fused-ring (bicyclic) bond motifs is 7. The lowest BCUT2D eigenvalue weighted by Gasteiger charge is -2.75. The first-order chi connectivity index (χ1) is 14.6. The summed E-state index contributed by atoms with van der Waals surface area (Å²) in [7, 11) is 0. The molecule has 1 N–H and O–H groups in total. The lowest BCUT2D eigenvalue weighted by atomic mass is 9.31. The first kappa shape index (κ1) is 23.4. The van der Waals surface area contributed by atoms with Crippen molar-refractivity contribution in [3.05, 3.63) is 0 Å². The van der Waals surface area contributed by atoms with Crippen molar-refractivity contribution in [2.45, 2.75) is 132 Å². The molecule has 182 valence electrons. The Morgan fingerprint density at radius 2 is 1.25 bits per heavy atom. The summed E-state index contributed by atoms with van der Waals surface area (Å²) in [5.41, 5.74) is 0.127. The normalized spacial score (nSPS) is 56.4. The molecule has 8 atom stereocenters. The highest BCUT2D eigenvalue weighted by molar-refractivity contribution is 5.85. The molecule has 0 aliphatic heterocycles. The van der Waals surface area contributed by atoms with Gasteiger partial charge in [0.1, 0.15) is 5.78 Å². The van der Waals surface area contributed by atoms with Gasteiger partial charge in [-0.05, 0) is 98.2 Å². The number of hydrogen-bond acceptors (Lipinski definition) is 2. The lowest BCUT2D eigenvalue weighted by molar-refractivity contribution is -0.313. The van der Waals surface area contributed by atoms with Crippen molar-refractivity contribution >= 4 is 5.78 Å². The fraction of sp³-hybridized carbons (Fsp3) is 0.967. The molecule has 0 aromatic rings. The summed E-state index contributed by atoms with van der Waals surface area (Å²) in [5, 5.41) is 12.9. The van der Waals surface area contributed by atoms with Crippen LogP contribution in [0.4, 0.5) is 0 Å². The van der Waals surface area contributed by atoms with Crippen LogP contribution in [0, 0.1) is 50.2 Å². The van der Waals surface area contributed by atoms with E-state index in [0.717, 1.165) is 38.5 Å². The SMILES string of the molecule is CC1(C)CC[C@@]2(C)CC[C@]3(O)[C@@](C)(CC[C@@H]4[C@@]5(C)CCC(=O)C(C)(C)[C@@H]5CC[C@]43C)[C@H]2C1. The van der Waals surface area contributed by atoms with Crippen LogP contribution in [-0.2, 0) is 4.79 Å². The summed E-state index contributed by atoms with van der Waals surface area (Å²) in [6.45, 7) is 19.4. The Kier molecular flexibility index (Phi) is 4.70. The third-order valence-electron chi connectivity index (χ3n) is 13.4. The third-order valence-corrected chi connectivity index (χ3v) is 13.4. The molecule has 0 aromatic carbocycles. The molecule has 5 saturated carbocycles. The summed E-state index contributed by atoms with van der Waals surface area (Å²) in [6, 6.07) is 0. The van der Waals surface area contributed by atoms with Gasteiger partial charge in [0.2, 0.25) is 0 Å². The Balaban J connectivity index is 1.57. The molecule has 0 aromatic heterocycles. The Morgan fingerprint density at radius 3 is 1.91 bits per heavy atom. The first-order valence-corrected chi connectivity index (χ1v) is 13.8. The van der Waals surface area contributed by atoms with E-state index in [0.29, 0.717) is 34.4 Å². The molecule has 2 heteroatoms. The predicted molar refractivity (Wildman–Crippen MR) is 131 cm³/mol. The minimum Gasteiger partial charge on any atom is -0.389 e. The molecule has 0 amide bonds. The smallest absolute Gasteiger partial charge is 0.138 e. The van der Waals surface area contributed by atoms with E-state index in [-0.39, 0.29) is 21.7 Å². The Morgan fingerprint density at radius 1 is 0.688 bits per heavy atom. The van der Waals surface area contributed by atoms with Gasteiger partial charge in [0.15, 0.2) is 0 Å². The van der Waals surface area contributed by atoms with Crippen LogP contribution in [0.1, 0.15) is 126 Å². The molecule has 0 unspecified atom stereocenters. The summed E-state index contributed by atoms with van der Waals surface area (Å²) >= 11 is 0.